The summed E-state index contributed by atoms with van der Waals surface area (Å²) in [7, 11) is 0. The fraction of sp³-hybridized carbons (Fsp3) is 0. The molecule has 0 spiro atoms. The number of hydrogen-bond donors (Lipinski definition) is 0. The van der Waals surface area contributed by atoms with E-state index in [0.29, 0.717) is 16.9 Å². The van der Waals surface area contributed by atoms with E-state index in [9.17, 15) is 0 Å². The Morgan fingerprint density at radius 2 is 1.80 bits per heavy atom. The second kappa shape index (κ2) is 4.23. The molecule has 96 valence electrons. The van der Waals surface area contributed by atoms with Gasteiger partial charge in [-0.25, -0.2) is 9.97 Å². The highest BCUT2D eigenvalue weighted by Crippen LogP contribution is 2.19. The molecule has 20 heavy (non-hydrogen) atoms. The van der Waals surface area contributed by atoms with E-state index in [1.165, 1.54) is 11.2 Å². The molecule has 0 radical (unpaired) electrons. The van der Waals surface area contributed by atoms with E-state index in [4.69, 9.17) is 4.84 Å². The van der Waals surface area contributed by atoms with Crippen molar-refractivity contribution in [3.63, 3.8) is 0 Å². The fourth-order valence-electron chi connectivity index (χ4n) is 1.93. The average molecular weight is 264 g/mol. The Morgan fingerprint density at radius 1 is 0.900 bits per heavy atom. The first-order valence-electron chi connectivity index (χ1n) is 5.96. The van der Waals surface area contributed by atoms with Gasteiger partial charge in [0.1, 0.15) is 17.4 Å². The lowest BCUT2D eigenvalue weighted by atomic mass is 10.3. The molecule has 0 aliphatic heterocycles. The van der Waals surface area contributed by atoms with Crippen molar-refractivity contribution in [1.29, 1.82) is 0 Å². The van der Waals surface area contributed by atoms with Crippen molar-refractivity contribution in [3.8, 4) is 5.88 Å². The fourth-order valence-corrected chi connectivity index (χ4v) is 1.93. The number of nitrogens with zero attached hydrogens (tertiary/aromatic N) is 6. The molecule has 0 saturated heterocycles. The Bertz CT molecular complexity index is 898. The Kier molecular flexibility index (Phi) is 2.28. The maximum atomic E-state index is 5.67. The largest absolute Gasteiger partial charge is 0.333 e. The van der Waals surface area contributed by atoms with Crippen LogP contribution >= 0.6 is 0 Å². The molecule has 4 aromatic rings. The summed E-state index contributed by atoms with van der Waals surface area (Å²) in [4.78, 5) is 19.5. The van der Waals surface area contributed by atoms with Crippen LogP contribution in [0.3, 0.4) is 0 Å². The van der Waals surface area contributed by atoms with Gasteiger partial charge in [0.2, 0.25) is 0 Å². The first-order chi connectivity index (χ1) is 9.92. The van der Waals surface area contributed by atoms with Crippen molar-refractivity contribution in [1.82, 2.24) is 30.1 Å². The van der Waals surface area contributed by atoms with E-state index < -0.39 is 0 Å². The third kappa shape index (κ3) is 1.64. The van der Waals surface area contributed by atoms with Crippen LogP contribution in [-0.2, 0) is 0 Å². The number of pyridine rings is 1. The minimum absolute atomic E-state index is 0.339. The van der Waals surface area contributed by atoms with E-state index in [0.717, 1.165) is 11.0 Å². The third-order valence-electron chi connectivity index (χ3n) is 2.86. The zero-order chi connectivity index (χ0) is 13.4. The third-order valence-corrected chi connectivity index (χ3v) is 2.86. The summed E-state index contributed by atoms with van der Waals surface area (Å²) >= 11 is 0. The first-order valence-corrected chi connectivity index (χ1v) is 5.96. The summed E-state index contributed by atoms with van der Waals surface area (Å²) in [5, 5.41) is 7.97. The van der Waals surface area contributed by atoms with E-state index in [2.05, 4.69) is 25.3 Å². The van der Waals surface area contributed by atoms with Crippen LogP contribution in [0.15, 0.2) is 48.9 Å². The van der Waals surface area contributed by atoms with Gasteiger partial charge < -0.3 is 4.84 Å². The van der Waals surface area contributed by atoms with Gasteiger partial charge in [0.15, 0.2) is 5.52 Å². The van der Waals surface area contributed by atoms with E-state index in [1.54, 1.807) is 6.20 Å². The predicted molar refractivity (Wildman–Crippen MR) is 70.9 cm³/mol. The lowest BCUT2D eigenvalue weighted by molar-refractivity contribution is 0.178. The molecular formula is C13H8N6O. The second-order valence-corrected chi connectivity index (χ2v) is 4.09. The second-order valence-electron chi connectivity index (χ2n) is 4.09. The maximum absolute atomic E-state index is 5.67. The highest BCUT2D eigenvalue weighted by molar-refractivity contribution is 5.78. The van der Waals surface area contributed by atoms with Gasteiger partial charge in [-0.05, 0) is 29.5 Å². The van der Waals surface area contributed by atoms with Crippen LogP contribution in [0.4, 0.5) is 0 Å². The summed E-state index contributed by atoms with van der Waals surface area (Å²) in [5.41, 5.74) is 2.80. The normalized spacial score (nSPS) is 11.0. The quantitative estimate of drug-likeness (QED) is 0.547. The molecular weight excluding hydrogens is 256 g/mol. The maximum Gasteiger partial charge on any atom is 0.278 e. The molecule has 0 unspecified atom stereocenters. The molecule has 3 heterocycles. The molecule has 4 rings (SSSR count). The van der Waals surface area contributed by atoms with Crippen molar-refractivity contribution in [3.05, 3.63) is 48.9 Å². The zero-order valence-electron chi connectivity index (χ0n) is 10.2. The van der Waals surface area contributed by atoms with Crippen molar-refractivity contribution in [2.24, 2.45) is 0 Å². The van der Waals surface area contributed by atoms with Gasteiger partial charge in [-0.2, -0.15) is 4.98 Å². The molecule has 1 aromatic carbocycles. The molecule has 7 heteroatoms. The number of aromatic nitrogens is 6. The molecule has 7 nitrogen and oxygen atoms in total. The highest BCUT2D eigenvalue weighted by atomic mass is 16.7. The summed E-state index contributed by atoms with van der Waals surface area (Å²) in [6, 6.07) is 11.2. The number of fused-ring (bicyclic) bond motifs is 2. The first kappa shape index (κ1) is 10.8. The molecule has 0 atom stereocenters. The Hall–Kier alpha value is -3.09. The van der Waals surface area contributed by atoms with E-state index >= 15 is 0 Å². The smallest absolute Gasteiger partial charge is 0.278 e. The number of benzene rings is 1. The van der Waals surface area contributed by atoms with E-state index in [1.807, 2.05) is 36.4 Å². The Morgan fingerprint density at radius 3 is 2.80 bits per heavy atom. The van der Waals surface area contributed by atoms with Gasteiger partial charge in [0, 0.05) is 6.20 Å². The molecule has 0 amide bonds. The van der Waals surface area contributed by atoms with Crippen LogP contribution in [0.5, 0.6) is 5.88 Å². The van der Waals surface area contributed by atoms with Gasteiger partial charge in [-0.15, -0.1) is 5.10 Å². The standard InChI is InChI=1S/C13H8N6O/c1-2-6-11-9(4-1)17-18-19(11)20-13-12-10(15-8-16-13)5-3-7-14-12/h1-8H. The summed E-state index contributed by atoms with van der Waals surface area (Å²) in [5.74, 6) is 0.339. The van der Waals surface area contributed by atoms with Crippen molar-refractivity contribution < 1.29 is 4.84 Å². The summed E-state index contributed by atoms with van der Waals surface area (Å²) in [6.45, 7) is 0. The average Bonchev–Trinajstić information content (AvgIpc) is 2.91. The van der Waals surface area contributed by atoms with Crippen LogP contribution < -0.4 is 4.84 Å². The minimum Gasteiger partial charge on any atom is -0.333 e. The molecule has 3 aromatic heterocycles. The molecule has 0 saturated carbocycles. The van der Waals surface area contributed by atoms with Gasteiger partial charge >= 0.3 is 0 Å². The summed E-state index contributed by atoms with van der Waals surface area (Å²) in [6.07, 6.45) is 3.09. The van der Waals surface area contributed by atoms with Crippen molar-refractivity contribution >= 4 is 22.1 Å². The Labute approximate surface area is 112 Å². The monoisotopic (exact) mass is 264 g/mol. The van der Waals surface area contributed by atoms with E-state index in [-0.39, 0.29) is 0 Å². The van der Waals surface area contributed by atoms with Gasteiger partial charge in [-0.1, -0.05) is 17.0 Å². The van der Waals surface area contributed by atoms with Crippen LogP contribution in [0, 0.1) is 0 Å². The molecule has 0 fully saturated rings. The summed E-state index contributed by atoms with van der Waals surface area (Å²) < 4.78 is 0. The van der Waals surface area contributed by atoms with Crippen LogP contribution in [0.1, 0.15) is 0 Å². The molecule has 0 N–H and O–H groups in total. The predicted octanol–water partition coefficient (Wildman–Crippen LogP) is 1.61. The molecule has 0 bridgehead atoms. The number of hydrogen-bond acceptors (Lipinski definition) is 6. The molecule has 0 aliphatic rings. The molecule has 0 aliphatic carbocycles. The van der Waals surface area contributed by atoms with Crippen LogP contribution in [-0.4, -0.2) is 30.1 Å². The highest BCUT2D eigenvalue weighted by Gasteiger charge is 2.10. The van der Waals surface area contributed by atoms with Gasteiger partial charge in [0.05, 0.1) is 5.52 Å². The zero-order valence-corrected chi connectivity index (χ0v) is 10.2. The van der Waals surface area contributed by atoms with Crippen LogP contribution in [0.25, 0.3) is 22.1 Å². The minimum atomic E-state index is 0.339. The van der Waals surface area contributed by atoms with Gasteiger partial charge in [-0.3, -0.25) is 0 Å². The topological polar surface area (TPSA) is 78.6 Å². The number of rotatable bonds is 2. The SMILES string of the molecule is c1cnc2c(On3nnc4ccccc43)ncnc2c1. The lowest BCUT2D eigenvalue weighted by Gasteiger charge is -2.05. The number of para-hydroxylation sites is 1. The Balaban J connectivity index is 1.85. The van der Waals surface area contributed by atoms with Crippen LogP contribution in [0.2, 0.25) is 0 Å². The van der Waals surface area contributed by atoms with Gasteiger partial charge in [0.25, 0.3) is 5.88 Å². The van der Waals surface area contributed by atoms with Crippen molar-refractivity contribution in [2.45, 2.75) is 0 Å². The lowest BCUT2D eigenvalue weighted by Crippen LogP contribution is -2.09. The van der Waals surface area contributed by atoms with Crippen molar-refractivity contribution in [2.75, 3.05) is 0 Å².